The van der Waals surface area contributed by atoms with Gasteiger partial charge in [-0.1, -0.05) is 6.07 Å². The van der Waals surface area contributed by atoms with E-state index in [-0.39, 0.29) is 5.91 Å². The molecule has 0 aliphatic carbocycles. The Bertz CT molecular complexity index is 637. The zero-order chi connectivity index (χ0) is 15.0. The lowest BCUT2D eigenvalue weighted by Gasteiger charge is -2.46. The zero-order valence-corrected chi connectivity index (χ0v) is 11.8. The molecule has 3 rings (SSSR count). The van der Waals surface area contributed by atoms with Gasteiger partial charge in [-0.2, -0.15) is 0 Å². The molecule has 0 radical (unpaired) electrons. The number of aliphatic carboxylic acids is 1. The van der Waals surface area contributed by atoms with Crippen LogP contribution in [0.4, 0.5) is 0 Å². The van der Waals surface area contributed by atoms with Crippen LogP contribution in [0.1, 0.15) is 24.5 Å². The SMILES string of the molecule is CC1(C(=O)O)CCN1C(=O)/C=C/c1ccc2c(c1)CCO2. The molecule has 1 aromatic rings. The topological polar surface area (TPSA) is 66.8 Å². The summed E-state index contributed by atoms with van der Waals surface area (Å²) in [6, 6.07) is 5.79. The molecular weight excluding hydrogens is 270 g/mol. The Morgan fingerprint density at radius 1 is 1.43 bits per heavy atom. The second-order valence-electron chi connectivity index (χ2n) is 5.62. The summed E-state index contributed by atoms with van der Waals surface area (Å²) in [4.78, 5) is 24.7. The van der Waals surface area contributed by atoms with E-state index in [0.29, 0.717) is 19.6 Å². The molecule has 5 heteroatoms. The van der Waals surface area contributed by atoms with Crippen molar-refractivity contribution in [2.24, 2.45) is 0 Å². The first-order valence-corrected chi connectivity index (χ1v) is 6.99. The molecule has 0 aromatic heterocycles. The van der Waals surface area contributed by atoms with Crippen LogP contribution in [0.5, 0.6) is 5.75 Å². The Labute approximate surface area is 122 Å². The molecular formula is C16H17NO4. The van der Waals surface area contributed by atoms with Crippen LogP contribution in [-0.4, -0.2) is 40.6 Å². The Kier molecular flexibility index (Phi) is 3.20. The number of nitrogens with zero attached hydrogens (tertiary/aromatic N) is 1. The van der Waals surface area contributed by atoms with E-state index in [2.05, 4.69) is 0 Å². The molecule has 1 amide bonds. The van der Waals surface area contributed by atoms with Gasteiger partial charge in [-0.25, -0.2) is 4.79 Å². The van der Waals surface area contributed by atoms with Crippen LogP contribution in [0.15, 0.2) is 24.3 Å². The van der Waals surface area contributed by atoms with Crippen molar-refractivity contribution >= 4 is 18.0 Å². The van der Waals surface area contributed by atoms with E-state index in [4.69, 9.17) is 4.74 Å². The molecule has 2 aliphatic rings. The fraction of sp³-hybridized carbons (Fsp3) is 0.375. The quantitative estimate of drug-likeness (QED) is 0.859. The molecule has 0 saturated carbocycles. The van der Waals surface area contributed by atoms with E-state index in [1.807, 2.05) is 18.2 Å². The van der Waals surface area contributed by atoms with Gasteiger partial charge in [0.2, 0.25) is 5.91 Å². The minimum absolute atomic E-state index is 0.261. The molecule has 110 valence electrons. The maximum absolute atomic E-state index is 12.1. The third kappa shape index (κ3) is 2.28. The van der Waals surface area contributed by atoms with Crippen LogP contribution >= 0.6 is 0 Å². The standard InChI is InChI=1S/C16H17NO4/c1-16(15(19)20)7-8-17(16)14(18)5-3-11-2-4-13-12(10-11)6-9-21-13/h2-5,10H,6-9H2,1H3,(H,19,20)/b5-3+. The van der Waals surface area contributed by atoms with Gasteiger partial charge in [0, 0.05) is 19.0 Å². The summed E-state index contributed by atoms with van der Waals surface area (Å²) in [5.74, 6) is -0.312. The van der Waals surface area contributed by atoms with E-state index in [9.17, 15) is 14.7 Å². The van der Waals surface area contributed by atoms with Crippen LogP contribution < -0.4 is 4.74 Å². The Hall–Kier alpha value is -2.30. The summed E-state index contributed by atoms with van der Waals surface area (Å²) in [6.07, 6.45) is 4.55. The van der Waals surface area contributed by atoms with Crippen molar-refractivity contribution in [2.45, 2.75) is 25.3 Å². The summed E-state index contributed by atoms with van der Waals surface area (Å²) in [5.41, 5.74) is 1.00. The highest BCUT2D eigenvalue weighted by atomic mass is 16.5. The molecule has 0 spiro atoms. The Morgan fingerprint density at radius 3 is 2.90 bits per heavy atom. The van der Waals surface area contributed by atoms with Gasteiger partial charge in [-0.3, -0.25) is 4.79 Å². The molecule has 2 heterocycles. The third-order valence-corrected chi connectivity index (χ3v) is 4.28. The molecule has 1 atom stereocenters. The summed E-state index contributed by atoms with van der Waals surface area (Å²) in [6.45, 7) is 2.77. The minimum Gasteiger partial charge on any atom is -0.493 e. The van der Waals surface area contributed by atoms with Crippen molar-refractivity contribution < 1.29 is 19.4 Å². The largest absolute Gasteiger partial charge is 0.493 e. The molecule has 1 aromatic carbocycles. The number of hydrogen-bond donors (Lipinski definition) is 1. The van der Waals surface area contributed by atoms with Gasteiger partial charge in [-0.05, 0) is 42.7 Å². The molecule has 21 heavy (non-hydrogen) atoms. The first-order chi connectivity index (χ1) is 10.0. The van der Waals surface area contributed by atoms with E-state index >= 15 is 0 Å². The first-order valence-electron chi connectivity index (χ1n) is 6.99. The number of benzene rings is 1. The second kappa shape index (κ2) is 4.91. The molecule has 1 N–H and O–H groups in total. The number of likely N-dealkylation sites (tertiary alicyclic amines) is 1. The highest BCUT2D eigenvalue weighted by Crippen LogP contribution is 2.31. The highest BCUT2D eigenvalue weighted by Gasteiger charge is 2.49. The number of amides is 1. The van der Waals surface area contributed by atoms with Gasteiger partial charge >= 0.3 is 5.97 Å². The number of ether oxygens (including phenoxy) is 1. The van der Waals surface area contributed by atoms with Crippen molar-refractivity contribution in [3.63, 3.8) is 0 Å². The predicted octanol–water partition coefficient (Wildman–Crippen LogP) is 1.71. The summed E-state index contributed by atoms with van der Waals surface area (Å²) in [5, 5.41) is 9.17. The number of hydrogen-bond acceptors (Lipinski definition) is 3. The van der Waals surface area contributed by atoms with E-state index in [0.717, 1.165) is 23.3 Å². The van der Waals surface area contributed by atoms with Gasteiger partial charge in [0.25, 0.3) is 0 Å². The average molecular weight is 287 g/mol. The summed E-state index contributed by atoms with van der Waals surface area (Å²) < 4.78 is 5.43. The monoisotopic (exact) mass is 287 g/mol. The van der Waals surface area contributed by atoms with E-state index < -0.39 is 11.5 Å². The van der Waals surface area contributed by atoms with Crippen molar-refractivity contribution in [3.8, 4) is 5.75 Å². The van der Waals surface area contributed by atoms with Crippen molar-refractivity contribution in [1.29, 1.82) is 0 Å². The normalized spacial score (nSPS) is 23.6. The molecule has 2 aliphatic heterocycles. The van der Waals surface area contributed by atoms with Crippen LogP contribution in [-0.2, 0) is 16.0 Å². The van der Waals surface area contributed by atoms with Gasteiger partial charge in [0.15, 0.2) is 0 Å². The fourth-order valence-corrected chi connectivity index (χ4v) is 2.70. The van der Waals surface area contributed by atoms with Crippen molar-refractivity contribution in [3.05, 3.63) is 35.4 Å². The summed E-state index contributed by atoms with van der Waals surface area (Å²) in [7, 11) is 0. The smallest absolute Gasteiger partial charge is 0.329 e. The molecule has 0 bridgehead atoms. The number of carboxylic acids is 1. The predicted molar refractivity (Wildman–Crippen MR) is 77.0 cm³/mol. The Balaban J connectivity index is 1.72. The van der Waals surface area contributed by atoms with E-state index in [1.54, 1.807) is 13.0 Å². The van der Waals surface area contributed by atoms with Crippen molar-refractivity contribution in [2.75, 3.05) is 13.2 Å². The van der Waals surface area contributed by atoms with Gasteiger partial charge in [0.1, 0.15) is 11.3 Å². The highest BCUT2D eigenvalue weighted by molar-refractivity contribution is 5.97. The molecule has 5 nitrogen and oxygen atoms in total. The minimum atomic E-state index is -1.06. The average Bonchev–Trinajstić information content (AvgIpc) is 2.90. The number of carbonyl (C=O) groups is 2. The zero-order valence-electron chi connectivity index (χ0n) is 11.8. The number of carbonyl (C=O) groups excluding carboxylic acids is 1. The maximum atomic E-state index is 12.1. The molecule has 1 fully saturated rings. The fourth-order valence-electron chi connectivity index (χ4n) is 2.70. The van der Waals surface area contributed by atoms with E-state index in [1.165, 1.54) is 11.0 Å². The molecule has 1 unspecified atom stereocenters. The summed E-state index contributed by atoms with van der Waals surface area (Å²) >= 11 is 0. The number of fused-ring (bicyclic) bond motifs is 1. The van der Waals surface area contributed by atoms with Crippen LogP contribution in [0.25, 0.3) is 6.08 Å². The van der Waals surface area contributed by atoms with Crippen LogP contribution in [0.3, 0.4) is 0 Å². The number of rotatable bonds is 3. The Morgan fingerprint density at radius 2 is 2.24 bits per heavy atom. The molecule has 1 saturated heterocycles. The lowest BCUT2D eigenvalue weighted by Crippen LogP contribution is -2.64. The maximum Gasteiger partial charge on any atom is 0.329 e. The van der Waals surface area contributed by atoms with Gasteiger partial charge in [0.05, 0.1) is 6.61 Å². The number of carboxylic acid groups (broad SMARTS) is 1. The van der Waals surface area contributed by atoms with Crippen LogP contribution in [0.2, 0.25) is 0 Å². The first kappa shape index (κ1) is 13.7. The van der Waals surface area contributed by atoms with Crippen molar-refractivity contribution in [1.82, 2.24) is 4.90 Å². The van der Waals surface area contributed by atoms with Gasteiger partial charge < -0.3 is 14.7 Å². The lowest BCUT2D eigenvalue weighted by atomic mass is 9.86. The second-order valence-corrected chi connectivity index (χ2v) is 5.62. The lowest BCUT2D eigenvalue weighted by molar-refractivity contribution is -0.166. The van der Waals surface area contributed by atoms with Crippen LogP contribution in [0, 0.1) is 0 Å². The van der Waals surface area contributed by atoms with Gasteiger partial charge in [-0.15, -0.1) is 0 Å². The third-order valence-electron chi connectivity index (χ3n) is 4.28.